The van der Waals surface area contributed by atoms with Crippen molar-refractivity contribution in [2.45, 2.75) is 63.3 Å². The van der Waals surface area contributed by atoms with Gasteiger partial charge in [-0.2, -0.15) is 13.2 Å². The lowest BCUT2D eigenvalue weighted by molar-refractivity contribution is -0.166. The Kier molecular flexibility index (Phi) is 6.10. The van der Waals surface area contributed by atoms with Crippen LogP contribution in [0, 0.1) is 5.41 Å². The summed E-state index contributed by atoms with van der Waals surface area (Å²) in [6.07, 6.45) is 0.160. The number of anilines is 1. The van der Waals surface area contributed by atoms with Crippen molar-refractivity contribution in [1.29, 1.82) is 0 Å². The van der Waals surface area contributed by atoms with Crippen molar-refractivity contribution in [2.75, 3.05) is 25.5 Å². The first kappa shape index (κ1) is 23.5. The average Bonchev–Trinajstić information content (AvgIpc) is 3.25. The summed E-state index contributed by atoms with van der Waals surface area (Å²) >= 11 is 0. The molecule has 3 heterocycles. The number of alkyl halides is 3. The van der Waals surface area contributed by atoms with Crippen molar-refractivity contribution in [3.8, 4) is 0 Å². The lowest BCUT2D eigenvalue weighted by atomic mass is 9.65. The molecule has 1 aliphatic heterocycles. The van der Waals surface area contributed by atoms with Gasteiger partial charge in [-0.25, -0.2) is 9.97 Å². The topological polar surface area (TPSA) is 100 Å². The number of halogens is 3. The van der Waals surface area contributed by atoms with E-state index in [1.165, 1.54) is 15.7 Å². The zero-order chi connectivity index (χ0) is 23.9. The highest BCUT2D eigenvalue weighted by atomic mass is 19.4. The van der Waals surface area contributed by atoms with Gasteiger partial charge in [-0.1, -0.05) is 12.8 Å². The summed E-state index contributed by atoms with van der Waals surface area (Å²) in [5, 5.41) is 14.9. The third-order valence-electron chi connectivity index (χ3n) is 7.19. The van der Waals surface area contributed by atoms with Crippen LogP contribution in [0.25, 0.3) is 10.9 Å². The molecule has 2 fully saturated rings. The van der Waals surface area contributed by atoms with Gasteiger partial charge in [0, 0.05) is 44.4 Å². The molecule has 1 unspecified atom stereocenters. The van der Waals surface area contributed by atoms with Crippen LogP contribution in [0.5, 0.6) is 0 Å². The SMILES string of the molecule is CNc1ncc2c(=O)n(CC3(O)CCN(C(=O)CCC(F)(F)F)CC34CCCC4)ccc2n1. The molecule has 8 nitrogen and oxygen atoms in total. The quantitative estimate of drug-likeness (QED) is 0.702. The third kappa shape index (κ3) is 4.55. The van der Waals surface area contributed by atoms with E-state index in [2.05, 4.69) is 15.3 Å². The van der Waals surface area contributed by atoms with Gasteiger partial charge in [0.25, 0.3) is 5.56 Å². The van der Waals surface area contributed by atoms with Gasteiger partial charge in [-0.3, -0.25) is 9.59 Å². The molecule has 11 heteroatoms. The molecular weight excluding hydrogens is 439 g/mol. The van der Waals surface area contributed by atoms with E-state index in [1.54, 1.807) is 19.3 Å². The molecule has 0 bridgehead atoms. The number of likely N-dealkylation sites (tertiary alicyclic amines) is 1. The highest BCUT2D eigenvalue weighted by Gasteiger charge is 2.55. The molecule has 1 saturated heterocycles. The van der Waals surface area contributed by atoms with E-state index in [1.807, 2.05) is 0 Å². The predicted molar refractivity (Wildman–Crippen MR) is 116 cm³/mol. The Morgan fingerprint density at radius 1 is 1.27 bits per heavy atom. The number of pyridine rings is 1. The highest BCUT2D eigenvalue weighted by molar-refractivity contribution is 5.77. The maximum absolute atomic E-state index is 13.1. The van der Waals surface area contributed by atoms with Crippen LogP contribution in [-0.2, 0) is 11.3 Å². The Balaban J connectivity index is 1.58. The van der Waals surface area contributed by atoms with Gasteiger partial charge in [0.05, 0.1) is 29.5 Å². The minimum atomic E-state index is -4.38. The second-order valence-corrected chi connectivity index (χ2v) is 9.19. The molecule has 1 saturated carbocycles. The van der Waals surface area contributed by atoms with Crippen LogP contribution in [0.15, 0.2) is 23.3 Å². The number of hydrogen-bond acceptors (Lipinski definition) is 6. The van der Waals surface area contributed by atoms with Crippen LogP contribution in [0.2, 0.25) is 0 Å². The number of nitrogens with zero attached hydrogens (tertiary/aromatic N) is 4. The summed E-state index contributed by atoms with van der Waals surface area (Å²) < 4.78 is 39.2. The normalized spacial score (nSPS) is 22.8. The van der Waals surface area contributed by atoms with Crippen LogP contribution in [0.4, 0.5) is 19.1 Å². The monoisotopic (exact) mass is 467 g/mol. The molecule has 0 radical (unpaired) electrons. The molecule has 1 aliphatic carbocycles. The molecule has 1 amide bonds. The fourth-order valence-corrected chi connectivity index (χ4v) is 5.31. The van der Waals surface area contributed by atoms with Crippen molar-refractivity contribution >= 4 is 22.8 Å². The number of carbonyl (C=O) groups is 1. The largest absolute Gasteiger partial charge is 0.389 e. The Bertz CT molecular complexity index is 1100. The van der Waals surface area contributed by atoms with E-state index in [0.717, 1.165) is 12.8 Å². The first-order valence-electron chi connectivity index (χ1n) is 11.2. The average molecular weight is 467 g/mol. The summed E-state index contributed by atoms with van der Waals surface area (Å²) in [6, 6.07) is 1.69. The molecule has 180 valence electrons. The summed E-state index contributed by atoms with van der Waals surface area (Å²) in [4.78, 5) is 35.4. The maximum Gasteiger partial charge on any atom is 0.389 e. The molecule has 2 aromatic heterocycles. The highest BCUT2D eigenvalue weighted by Crippen LogP contribution is 2.51. The van der Waals surface area contributed by atoms with Gasteiger partial charge >= 0.3 is 6.18 Å². The van der Waals surface area contributed by atoms with Crippen molar-refractivity contribution in [3.05, 3.63) is 28.8 Å². The van der Waals surface area contributed by atoms with Crippen LogP contribution in [0.1, 0.15) is 44.9 Å². The van der Waals surface area contributed by atoms with E-state index in [0.29, 0.717) is 29.7 Å². The number of fused-ring (bicyclic) bond motifs is 1. The number of piperidine rings is 1. The fraction of sp³-hybridized carbons (Fsp3) is 0.636. The second-order valence-electron chi connectivity index (χ2n) is 9.19. The maximum atomic E-state index is 13.1. The van der Waals surface area contributed by atoms with E-state index in [9.17, 15) is 27.9 Å². The van der Waals surface area contributed by atoms with Crippen molar-refractivity contribution in [3.63, 3.8) is 0 Å². The molecule has 0 aromatic carbocycles. The number of aromatic nitrogens is 3. The second kappa shape index (κ2) is 8.58. The lowest BCUT2D eigenvalue weighted by Gasteiger charge is -2.52. The number of carbonyl (C=O) groups excluding carboxylic acids is 1. The minimum Gasteiger partial charge on any atom is -0.387 e. The van der Waals surface area contributed by atoms with E-state index in [-0.39, 0.29) is 31.6 Å². The van der Waals surface area contributed by atoms with Gasteiger partial charge in [-0.05, 0) is 25.3 Å². The molecule has 1 spiro atoms. The Morgan fingerprint density at radius 3 is 2.67 bits per heavy atom. The Morgan fingerprint density at radius 2 is 2.00 bits per heavy atom. The zero-order valence-corrected chi connectivity index (χ0v) is 18.5. The Labute approximate surface area is 188 Å². The number of amides is 1. The van der Waals surface area contributed by atoms with E-state index >= 15 is 0 Å². The van der Waals surface area contributed by atoms with E-state index in [4.69, 9.17) is 0 Å². The van der Waals surface area contributed by atoms with Crippen molar-refractivity contribution in [2.24, 2.45) is 5.41 Å². The number of rotatable bonds is 5. The first-order valence-corrected chi connectivity index (χ1v) is 11.2. The summed E-state index contributed by atoms with van der Waals surface area (Å²) in [6.45, 7) is 0.406. The summed E-state index contributed by atoms with van der Waals surface area (Å²) in [5.74, 6) is -0.147. The van der Waals surface area contributed by atoms with Crippen LogP contribution < -0.4 is 10.9 Å². The van der Waals surface area contributed by atoms with Crippen LogP contribution >= 0.6 is 0 Å². The van der Waals surface area contributed by atoms with Gasteiger partial charge in [0.2, 0.25) is 11.9 Å². The number of hydrogen-bond donors (Lipinski definition) is 2. The van der Waals surface area contributed by atoms with Gasteiger partial charge in [0.15, 0.2) is 0 Å². The molecule has 1 atom stereocenters. The lowest BCUT2D eigenvalue weighted by Crippen LogP contribution is -2.62. The number of nitrogens with one attached hydrogen (secondary N) is 1. The molecule has 4 rings (SSSR count). The zero-order valence-electron chi connectivity index (χ0n) is 18.5. The molecule has 2 N–H and O–H groups in total. The molecule has 2 aliphatic rings. The van der Waals surface area contributed by atoms with Gasteiger partial charge in [0.1, 0.15) is 0 Å². The first-order chi connectivity index (χ1) is 15.6. The Hall–Kier alpha value is -2.69. The van der Waals surface area contributed by atoms with E-state index < -0.39 is 35.9 Å². The van der Waals surface area contributed by atoms with Gasteiger partial charge < -0.3 is 19.9 Å². The van der Waals surface area contributed by atoms with Crippen LogP contribution in [0.3, 0.4) is 0 Å². The van der Waals surface area contributed by atoms with Crippen molar-refractivity contribution in [1.82, 2.24) is 19.4 Å². The summed E-state index contributed by atoms with van der Waals surface area (Å²) in [5.41, 5.74) is -1.74. The van der Waals surface area contributed by atoms with Crippen molar-refractivity contribution < 1.29 is 23.1 Å². The summed E-state index contributed by atoms with van der Waals surface area (Å²) in [7, 11) is 1.68. The third-order valence-corrected chi connectivity index (χ3v) is 7.19. The molecule has 2 aromatic rings. The van der Waals surface area contributed by atoms with Crippen LogP contribution in [-0.4, -0.2) is 62.4 Å². The fourth-order valence-electron chi connectivity index (χ4n) is 5.31. The predicted octanol–water partition coefficient (Wildman–Crippen LogP) is 2.70. The number of aliphatic hydroxyl groups is 1. The standard InChI is InChI=1S/C22H28F3N5O3/c1-26-19-27-12-15-16(28-19)5-10-30(18(15)32)14-21(33)9-11-29(13-20(21)6-2-3-7-20)17(31)4-8-22(23,24)25/h5,10,12,33H,2-4,6-9,11,13-14H2,1H3,(H,26,27,28). The molecular formula is C22H28F3N5O3. The smallest absolute Gasteiger partial charge is 0.387 e. The molecule has 33 heavy (non-hydrogen) atoms. The van der Waals surface area contributed by atoms with Gasteiger partial charge in [-0.15, -0.1) is 0 Å². The minimum absolute atomic E-state index is 0.0418.